The zero-order valence-corrected chi connectivity index (χ0v) is 11.5. The monoisotopic (exact) mass is 272 g/mol. The van der Waals surface area contributed by atoms with E-state index in [1.54, 1.807) is 0 Å². The van der Waals surface area contributed by atoms with E-state index in [-0.39, 0.29) is 17.9 Å². The molecular formula is C13H24N2O4. The number of carbonyl (C=O) groups excluding carboxylic acids is 1. The van der Waals surface area contributed by atoms with Crippen LogP contribution in [-0.2, 0) is 9.53 Å². The van der Waals surface area contributed by atoms with Gasteiger partial charge in [0.15, 0.2) is 0 Å². The van der Waals surface area contributed by atoms with E-state index in [9.17, 15) is 9.59 Å². The van der Waals surface area contributed by atoms with Crippen molar-refractivity contribution < 1.29 is 19.4 Å². The summed E-state index contributed by atoms with van der Waals surface area (Å²) in [7, 11) is 0. The number of amides is 2. The molecule has 1 aliphatic rings. The second-order valence-corrected chi connectivity index (χ2v) is 5.05. The van der Waals surface area contributed by atoms with Gasteiger partial charge in [-0.15, -0.1) is 0 Å². The maximum Gasteiger partial charge on any atom is 0.314 e. The van der Waals surface area contributed by atoms with E-state index in [1.807, 2.05) is 6.92 Å². The Morgan fingerprint density at radius 2 is 2.05 bits per heavy atom. The van der Waals surface area contributed by atoms with E-state index in [0.29, 0.717) is 19.5 Å². The molecule has 1 saturated carbocycles. The largest absolute Gasteiger partial charge is 0.481 e. The molecule has 2 amide bonds. The number of hydrogen-bond acceptors (Lipinski definition) is 3. The smallest absolute Gasteiger partial charge is 0.314 e. The average Bonchev–Trinajstić information content (AvgIpc) is 3.13. The summed E-state index contributed by atoms with van der Waals surface area (Å²) in [5.41, 5.74) is 0.230. The Hall–Kier alpha value is -1.30. The van der Waals surface area contributed by atoms with Crippen molar-refractivity contribution in [3.05, 3.63) is 0 Å². The minimum absolute atomic E-state index is 0.0819. The van der Waals surface area contributed by atoms with Gasteiger partial charge in [-0.05, 0) is 38.0 Å². The predicted molar refractivity (Wildman–Crippen MR) is 71.0 cm³/mol. The molecule has 0 aromatic carbocycles. The van der Waals surface area contributed by atoms with Crippen molar-refractivity contribution in [2.45, 2.75) is 39.0 Å². The molecular weight excluding hydrogens is 248 g/mol. The van der Waals surface area contributed by atoms with E-state index in [2.05, 4.69) is 10.6 Å². The highest BCUT2D eigenvalue weighted by Gasteiger charge is 2.42. The predicted octanol–water partition coefficient (Wildman–Crippen LogP) is 1.36. The average molecular weight is 272 g/mol. The first-order valence-electron chi connectivity index (χ1n) is 6.89. The van der Waals surface area contributed by atoms with Crippen molar-refractivity contribution in [3.8, 4) is 0 Å². The first-order chi connectivity index (χ1) is 9.08. The van der Waals surface area contributed by atoms with Gasteiger partial charge in [-0.25, -0.2) is 4.79 Å². The Morgan fingerprint density at radius 3 is 2.63 bits per heavy atom. The highest BCUT2D eigenvalue weighted by atomic mass is 16.5. The molecule has 0 heterocycles. The van der Waals surface area contributed by atoms with Crippen molar-refractivity contribution in [3.63, 3.8) is 0 Å². The van der Waals surface area contributed by atoms with Crippen LogP contribution in [0.4, 0.5) is 4.79 Å². The number of ether oxygens (including phenoxy) is 1. The minimum atomic E-state index is -0.838. The lowest BCUT2D eigenvalue weighted by atomic mass is 10.0. The quantitative estimate of drug-likeness (QED) is 0.524. The Bertz CT molecular complexity index is 303. The third-order valence-electron chi connectivity index (χ3n) is 3.41. The van der Waals surface area contributed by atoms with E-state index >= 15 is 0 Å². The Kier molecular flexibility index (Phi) is 6.62. The third kappa shape index (κ3) is 7.00. The highest BCUT2D eigenvalue weighted by molar-refractivity contribution is 5.74. The molecule has 0 spiro atoms. The number of carbonyl (C=O) groups is 2. The summed E-state index contributed by atoms with van der Waals surface area (Å²) in [5, 5.41) is 14.0. The van der Waals surface area contributed by atoms with Gasteiger partial charge >= 0.3 is 12.0 Å². The summed E-state index contributed by atoms with van der Waals surface area (Å²) < 4.78 is 5.33. The minimum Gasteiger partial charge on any atom is -0.481 e. The fourth-order valence-corrected chi connectivity index (χ4v) is 1.90. The van der Waals surface area contributed by atoms with Gasteiger partial charge in [0.25, 0.3) is 0 Å². The van der Waals surface area contributed by atoms with Crippen LogP contribution in [0.15, 0.2) is 0 Å². The Labute approximate surface area is 113 Å². The van der Waals surface area contributed by atoms with Crippen molar-refractivity contribution in [1.29, 1.82) is 0 Å². The first kappa shape index (κ1) is 15.8. The van der Waals surface area contributed by atoms with Crippen molar-refractivity contribution in [1.82, 2.24) is 10.6 Å². The van der Waals surface area contributed by atoms with Crippen molar-refractivity contribution in [2.75, 3.05) is 26.3 Å². The molecule has 6 nitrogen and oxygen atoms in total. The molecule has 0 aliphatic heterocycles. The number of rotatable bonds is 10. The molecule has 110 valence electrons. The number of nitrogens with one attached hydrogen (secondary N) is 2. The fourth-order valence-electron chi connectivity index (χ4n) is 1.90. The molecule has 1 rings (SSSR count). The van der Waals surface area contributed by atoms with E-state index in [0.717, 1.165) is 32.5 Å². The van der Waals surface area contributed by atoms with Gasteiger partial charge in [0.2, 0.25) is 0 Å². The molecule has 1 aliphatic carbocycles. The molecule has 0 aromatic rings. The van der Waals surface area contributed by atoms with Crippen LogP contribution in [0, 0.1) is 5.41 Å². The molecule has 0 atom stereocenters. The van der Waals surface area contributed by atoms with Crippen LogP contribution in [0.1, 0.15) is 39.0 Å². The number of carboxylic acids is 1. The van der Waals surface area contributed by atoms with Crippen LogP contribution in [-0.4, -0.2) is 43.4 Å². The topological polar surface area (TPSA) is 87.7 Å². The lowest BCUT2D eigenvalue weighted by molar-refractivity contribution is -0.137. The summed E-state index contributed by atoms with van der Waals surface area (Å²) in [6, 6.07) is -0.215. The van der Waals surface area contributed by atoms with Crippen LogP contribution < -0.4 is 10.6 Å². The van der Waals surface area contributed by atoms with E-state index < -0.39 is 5.97 Å². The maximum absolute atomic E-state index is 11.5. The molecule has 0 unspecified atom stereocenters. The molecule has 3 N–H and O–H groups in total. The number of hydrogen-bond donors (Lipinski definition) is 3. The van der Waals surface area contributed by atoms with Crippen LogP contribution >= 0.6 is 0 Å². The second-order valence-electron chi connectivity index (χ2n) is 5.05. The van der Waals surface area contributed by atoms with Crippen LogP contribution in [0.3, 0.4) is 0 Å². The van der Waals surface area contributed by atoms with Gasteiger partial charge in [0, 0.05) is 32.7 Å². The standard InChI is InChI=1S/C13H24N2O4/c1-2-19-9-7-13(5-6-13)10-15-12(18)14-8-3-4-11(16)17/h2-10H2,1H3,(H,16,17)(H2,14,15,18). The summed E-state index contributed by atoms with van der Waals surface area (Å²) in [6.45, 7) is 4.52. The molecule has 1 fully saturated rings. The van der Waals surface area contributed by atoms with Gasteiger partial charge < -0.3 is 20.5 Å². The lowest BCUT2D eigenvalue weighted by Gasteiger charge is -2.16. The molecule has 0 radical (unpaired) electrons. The van der Waals surface area contributed by atoms with Gasteiger partial charge in [-0.3, -0.25) is 4.79 Å². The van der Waals surface area contributed by atoms with Crippen LogP contribution in [0.2, 0.25) is 0 Å². The Balaban J connectivity index is 2.04. The van der Waals surface area contributed by atoms with Crippen molar-refractivity contribution in [2.24, 2.45) is 5.41 Å². The molecule has 0 bridgehead atoms. The number of carboxylic acid groups (broad SMARTS) is 1. The second kappa shape index (κ2) is 7.99. The van der Waals surface area contributed by atoms with E-state index in [1.165, 1.54) is 0 Å². The molecule has 19 heavy (non-hydrogen) atoms. The SMILES string of the molecule is CCOCCC1(CNC(=O)NCCCC(=O)O)CC1. The van der Waals surface area contributed by atoms with E-state index in [4.69, 9.17) is 9.84 Å². The first-order valence-corrected chi connectivity index (χ1v) is 6.89. The summed E-state index contributed by atoms with van der Waals surface area (Å²) >= 11 is 0. The molecule has 0 saturated heterocycles. The zero-order valence-electron chi connectivity index (χ0n) is 11.5. The lowest BCUT2D eigenvalue weighted by Crippen LogP contribution is -2.39. The van der Waals surface area contributed by atoms with Gasteiger partial charge in [-0.1, -0.05) is 0 Å². The fraction of sp³-hybridized carbons (Fsp3) is 0.846. The summed E-state index contributed by atoms with van der Waals surface area (Å²) in [4.78, 5) is 21.8. The van der Waals surface area contributed by atoms with Gasteiger partial charge in [0.1, 0.15) is 0 Å². The normalized spacial score (nSPS) is 15.8. The third-order valence-corrected chi connectivity index (χ3v) is 3.41. The van der Waals surface area contributed by atoms with Crippen molar-refractivity contribution >= 4 is 12.0 Å². The van der Waals surface area contributed by atoms with Crippen LogP contribution in [0.25, 0.3) is 0 Å². The summed E-state index contributed by atoms with van der Waals surface area (Å²) in [6.07, 6.45) is 3.80. The molecule has 0 aromatic heterocycles. The number of aliphatic carboxylic acids is 1. The maximum atomic E-state index is 11.5. The number of urea groups is 1. The Morgan fingerprint density at radius 1 is 1.32 bits per heavy atom. The summed E-state index contributed by atoms with van der Waals surface area (Å²) in [5.74, 6) is -0.838. The highest BCUT2D eigenvalue weighted by Crippen LogP contribution is 2.48. The van der Waals surface area contributed by atoms with Gasteiger partial charge in [0.05, 0.1) is 0 Å². The zero-order chi connectivity index (χ0) is 14.1. The van der Waals surface area contributed by atoms with Gasteiger partial charge in [-0.2, -0.15) is 0 Å². The molecule has 6 heteroatoms. The van der Waals surface area contributed by atoms with Crippen LogP contribution in [0.5, 0.6) is 0 Å².